The monoisotopic (exact) mass is 483 g/mol. The first-order chi connectivity index (χ1) is 15.3. The molecule has 2 N–H and O–H groups in total. The quantitative estimate of drug-likeness (QED) is 0.535. The highest BCUT2D eigenvalue weighted by molar-refractivity contribution is 7.90. The van der Waals surface area contributed by atoms with Gasteiger partial charge in [-0.05, 0) is 18.3 Å². The Bertz CT molecular complexity index is 1020. The molecule has 3 fully saturated rings. The second-order valence-corrected chi connectivity index (χ2v) is 13.0. The third-order valence-electron chi connectivity index (χ3n) is 6.39. The number of nitrogens with zero attached hydrogens (tertiary/aromatic N) is 4. The van der Waals surface area contributed by atoms with Crippen LogP contribution in [-0.4, -0.2) is 94.7 Å². The minimum Gasteiger partial charge on any atom is -0.391 e. The molecule has 0 aromatic carbocycles. The van der Waals surface area contributed by atoms with Crippen LogP contribution < -0.4 is 5.32 Å². The van der Waals surface area contributed by atoms with Crippen LogP contribution in [0.5, 0.6) is 0 Å². The molecule has 0 spiro atoms. The Morgan fingerprint density at radius 2 is 2.00 bits per heavy atom. The molecule has 1 aromatic heterocycles. The van der Waals surface area contributed by atoms with Crippen LogP contribution >= 0.6 is 0 Å². The van der Waals surface area contributed by atoms with Crippen molar-refractivity contribution in [2.24, 2.45) is 5.41 Å². The van der Waals surface area contributed by atoms with Gasteiger partial charge in [-0.1, -0.05) is 26.0 Å². The van der Waals surface area contributed by atoms with Crippen LogP contribution in [0.25, 0.3) is 0 Å². The van der Waals surface area contributed by atoms with E-state index in [-0.39, 0.29) is 37.8 Å². The van der Waals surface area contributed by atoms with Crippen LogP contribution in [0, 0.1) is 5.41 Å². The van der Waals surface area contributed by atoms with Crippen LogP contribution in [0.1, 0.15) is 57.7 Å². The molecule has 2 aliphatic heterocycles. The number of rotatable bonds is 7. The summed E-state index contributed by atoms with van der Waals surface area (Å²) in [4.78, 5) is 28.4. The van der Waals surface area contributed by atoms with Crippen molar-refractivity contribution < 1.29 is 27.9 Å². The van der Waals surface area contributed by atoms with Gasteiger partial charge >= 0.3 is 0 Å². The number of sulfone groups is 1. The smallest absolute Gasteiger partial charge is 0.248 e. The lowest BCUT2D eigenvalue weighted by Crippen LogP contribution is -2.67. The largest absolute Gasteiger partial charge is 0.391 e. The summed E-state index contributed by atoms with van der Waals surface area (Å²) in [6.07, 6.45) is 4.26. The fourth-order valence-electron chi connectivity index (χ4n) is 4.71. The SMILES string of the molecule is CC(C)(C)[C@@H](C(=O)N1CC(O)CC1C(=O)NC1(CS(C)(=O)=O)COC1)n1cc(C2CC2)nn1. The Morgan fingerprint density at radius 1 is 1.33 bits per heavy atom. The maximum Gasteiger partial charge on any atom is 0.248 e. The highest BCUT2D eigenvalue weighted by Crippen LogP contribution is 2.40. The second kappa shape index (κ2) is 8.31. The van der Waals surface area contributed by atoms with E-state index < -0.39 is 44.9 Å². The second-order valence-electron chi connectivity index (χ2n) is 10.9. The zero-order chi connectivity index (χ0) is 24.2. The molecule has 4 rings (SSSR count). The maximum atomic E-state index is 13.8. The van der Waals surface area contributed by atoms with Gasteiger partial charge in [0, 0.05) is 31.3 Å². The molecule has 1 saturated carbocycles. The molecular formula is C21H33N5O6S. The molecule has 3 aliphatic rings. The predicted molar refractivity (Wildman–Crippen MR) is 118 cm³/mol. The van der Waals surface area contributed by atoms with Crippen molar-refractivity contribution in [2.45, 2.75) is 69.7 Å². The Labute approximate surface area is 193 Å². The summed E-state index contributed by atoms with van der Waals surface area (Å²) in [5.74, 6) is -0.676. The minimum atomic E-state index is -3.36. The van der Waals surface area contributed by atoms with Gasteiger partial charge in [0.2, 0.25) is 11.8 Å². The standard InChI is InChI=1S/C21H33N5O6S/c1-20(2,3)17(26-9-15(23-24-26)13-5-6-13)19(29)25-8-14(27)7-16(25)18(28)22-21(10-32-11-21)12-33(4,30)31/h9,13-14,16-17,27H,5-8,10-12H2,1-4H3,(H,22,28)/t14?,16?,17-/m1/s1. The number of hydrogen-bond acceptors (Lipinski definition) is 8. The van der Waals surface area contributed by atoms with Gasteiger partial charge in [-0.25, -0.2) is 13.1 Å². The molecular weight excluding hydrogens is 450 g/mol. The van der Waals surface area contributed by atoms with Gasteiger partial charge in [0.05, 0.1) is 30.8 Å². The number of aromatic nitrogens is 3. The number of hydrogen-bond donors (Lipinski definition) is 2. The summed E-state index contributed by atoms with van der Waals surface area (Å²) in [5, 5.41) is 21.6. The fourth-order valence-corrected chi connectivity index (χ4v) is 5.96. The van der Waals surface area contributed by atoms with Crippen molar-refractivity contribution in [3.05, 3.63) is 11.9 Å². The van der Waals surface area contributed by atoms with E-state index in [4.69, 9.17) is 4.74 Å². The fraction of sp³-hybridized carbons (Fsp3) is 0.810. The summed E-state index contributed by atoms with van der Waals surface area (Å²) in [7, 11) is -3.36. The van der Waals surface area contributed by atoms with E-state index in [0.717, 1.165) is 24.8 Å². The van der Waals surface area contributed by atoms with Gasteiger partial charge < -0.3 is 20.1 Å². The van der Waals surface area contributed by atoms with Crippen molar-refractivity contribution in [1.82, 2.24) is 25.2 Å². The average molecular weight is 484 g/mol. The lowest BCUT2D eigenvalue weighted by Gasteiger charge is -2.42. The van der Waals surface area contributed by atoms with E-state index in [0.29, 0.717) is 5.92 Å². The molecule has 3 heterocycles. The van der Waals surface area contributed by atoms with E-state index in [1.54, 1.807) is 10.9 Å². The zero-order valence-electron chi connectivity index (χ0n) is 19.5. The van der Waals surface area contributed by atoms with Gasteiger partial charge in [-0.2, -0.15) is 0 Å². The normalized spacial score (nSPS) is 26.0. The van der Waals surface area contributed by atoms with Gasteiger partial charge in [-0.3, -0.25) is 9.59 Å². The molecule has 12 heteroatoms. The number of carbonyl (C=O) groups is 2. The van der Waals surface area contributed by atoms with Crippen LogP contribution in [-0.2, 0) is 24.2 Å². The molecule has 2 amide bonds. The molecule has 0 bridgehead atoms. The number of β-amino-alcohol motifs (C(OH)–C–C–N with tert-alkyl or cyclic N) is 1. The molecule has 2 saturated heterocycles. The topological polar surface area (TPSA) is 144 Å². The van der Waals surface area contributed by atoms with Crippen LogP contribution in [0.2, 0.25) is 0 Å². The van der Waals surface area contributed by atoms with Gasteiger partial charge in [0.15, 0.2) is 0 Å². The van der Waals surface area contributed by atoms with Crippen molar-refractivity contribution in [2.75, 3.05) is 31.8 Å². The summed E-state index contributed by atoms with van der Waals surface area (Å²) >= 11 is 0. The van der Waals surface area contributed by atoms with E-state index in [9.17, 15) is 23.1 Å². The Kier molecular flexibility index (Phi) is 6.07. The molecule has 33 heavy (non-hydrogen) atoms. The van der Waals surface area contributed by atoms with Crippen LogP contribution in [0.15, 0.2) is 6.20 Å². The first-order valence-electron chi connectivity index (χ1n) is 11.3. The number of carbonyl (C=O) groups excluding carboxylic acids is 2. The highest BCUT2D eigenvalue weighted by Gasteiger charge is 2.49. The number of amides is 2. The molecule has 3 atom stereocenters. The van der Waals surface area contributed by atoms with Crippen molar-refractivity contribution in [3.63, 3.8) is 0 Å². The Balaban J connectivity index is 1.56. The first-order valence-corrected chi connectivity index (χ1v) is 13.3. The molecule has 184 valence electrons. The molecule has 1 aliphatic carbocycles. The van der Waals surface area contributed by atoms with E-state index >= 15 is 0 Å². The lowest BCUT2D eigenvalue weighted by molar-refractivity contribution is -0.147. The van der Waals surface area contributed by atoms with E-state index in [2.05, 4.69) is 15.6 Å². The van der Waals surface area contributed by atoms with Gasteiger partial charge in [0.25, 0.3) is 0 Å². The number of aliphatic hydroxyl groups is 1. The summed E-state index contributed by atoms with van der Waals surface area (Å²) in [6.45, 7) is 5.95. The van der Waals surface area contributed by atoms with Gasteiger partial charge in [0.1, 0.15) is 27.5 Å². The molecule has 2 unspecified atom stereocenters. The van der Waals surface area contributed by atoms with Crippen molar-refractivity contribution >= 4 is 21.7 Å². The number of aliphatic hydroxyl groups excluding tert-OH is 1. The number of likely N-dealkylation sites (tertiary alicyclic amines) is 1. The average Bonchev–Trinajstić information content (AvgIpc) is 3.25. The lowest BCUT2D eigenvalue weighted by atomic mass is 9.85. The van der Waals surface area contributed by atoms with Crippen LogP contribution in [0.4, 0.5) is 0 Å². The number of nitrogens with one attached hydrogen (secondary N) is 1. The maximum absolute atomic E-state index is 13.8. The highest BCUT2D eigenvalue weighted by atomic mass is 32.2. The predicted octanol–water partition coefficient (Wildman–Crippen LogP) is -0.366. The van der Waals surface area contributed by atoms with Crippen LogP contribution in [0.3, 0.4) is 0 Å². The molecule has 1 aromatic rings. The molecule has 11 nitrogen and oxygen atoms in total. The summed E-state index contributed by atoms with van der Waals surface area (Å²) in [6, 6.07) is -1.63. The Hall–Kier alpha value is -2.05. The van der Waals surface area contributed by atoms with Gasteiger partial charge in [-0.15, -0.1) is 5.10 Å². The van der Waals surface area contributed by atoms with Crippen molar-refractivity contribution in [3.8, 4) is 0 Å². The first kappa shape index (κ1) is 24.1. The van der Waals surface area contributed by atoms with Crippen molar-refractivity contribution in [1.29, 1.82) is 0 Å². The summed E-state index contributed by atoms with van der Waals surface area (Å²) in [5.41, 5.74) is -0.679. The van der Waals surface area contributed by atoms with E-state index in [1.165, 1.54) is 4.90 Å². The summed E-state index contributed by atoms with van der Waals surface area (Å²) < 4.78 is 30.5. The van der Waals surface area contributed by atoms with E-state index in [1.807, 2.05) is 20.8 Å². The minimum absolute atomic E-state index is 0.0171. The number of ether oxygens (including phenoxy) is 1. The Morgan fingerprint density at radius 3 is 2.52 bits per heavy atom. The zero-order valence-corrected chi connectivity index (χ0v) is 20.3. The molecule has 0 radical (unpaired) electrons. The third-order valence-corrected chi connectivity index (χ3v) is 7.47. The third kappa shape index (κ3) is 5.22.